The van der Waals surface area contributed by atoms with Crippen LogP contribution in [-0.2, 0) is 19.1 Å². The van der Waals surface area contributed by atoms with Crippen molar-refractivity contribution in [2.75, 3.05) is 0 Å². The van der Waals surface area contributed by atoms with E-state index in [2.05, 4.69) is 10.3 Å². The van der Waals surface area contributed by atoms with E-state index in [1.54, 1.807) is 12.4 Å². The summed E-state index contributed by atoms with van der Waals surface area (Å²) in [6, 6.07) is 14.8. The van der Waals surface area contributed by atoms with Gasteiger partial charge in [0.15, 0.2) is 0 Å². The van der Waals surface area contributed by atoms with Gasteiger partial charge in [0, 0.05) is 24.3 Å². The molecule has 0 aliphatic carbocycles. The van der Waals surface area contributed by atoms with E-state index >= 15 is 0 Å². The predicted octanol–water partition coefficient (Wildman–Crippen LogP) is 6.47. The van der Waals surface area contributed by atoms with Crippen molar-refractivity contribution >= 4 is 16.9 Å². The Kier molecular flexibility index (Phi) is 6.46. The molecular weight excluding hydrogens is 439 g/mol. The van der Waals surface area contributed by atoms with Crippen LogP contribution >= 0.6 is 0 Å². The topological polar surface area (TPSA) is 46.9 Å². The number of amides is 1. The van der Waals surface area contributed by atoms with E-state index < -0.39 is 11.7 Å². The highest BCUT2D eigenvalue weighted by Crippen LogP contribution is 2.30. The molecule has 2 aromatic carbocycles. The van der Waals surface area contributed by atoms with Crippen molar-refractivity contribution < 1.29 is 18.0 Å². The second kappa shape index (κ2) is 9.33. The van der Waals surface area contributed by atoms with Crippen LogP contribution in [0, 0.1) is 6.92 Å². The lowest BCUT2D eigenvalue weighted by Crippen LogP contribution is -2.26. The first-order chi connectivity index (χ1) is 16.2. The number of carbonyl (C=O) groups excluding carboxylic acids is 1. The van der Waals surface area contributed by atoms with E-state index in [0.29, 0.717) is 24.2 Å². The fourth-order valence-electron chi connectivity index (χ4n) is 4.09. The highest BCUT2D eigenvalue weighted by molar-refractivity contribution is 6.07. The number of nitrogens with one attached hydrogen (secondary N) is 1. The first kappa shape index (κ1) is 23.5. The Balaban J connectivity index is 1.67. The zero-order valence-electron chi connectivity index (χ0n) is 19.3. The van der Waals surface area contributed by atoms with Crippen LogP contribution in [0.15, 0.2) is 67.0 Å². The molecule has 2 heterocycles. The lowest BCUT2D eigenvalue weighted by Gasteiger charge is -2.15. The Bertz CT molecular complexity index is 1310. The van der Waals surface area contributed by atoms with Gasteiger partial charge in [-0.1, -0.05) is 42.0 Å². The maximum Gasteiger partial charge on any atom is 0.416 e. The summed E-state index contributed by atoms with van der Waals surface area (Å²) in [5.41, 5.74) is 4.21. The number of alkyl halides is 3. The average molecular weight is 466 g/mol. The van der Waals surface area contributed by atoms with Crippen LogP contribution < -0.4 is 5.32 Å². The molecule has 0 bridgehead atoms. The van der Waals surface area contributed by atoms with E-state index in [-0.39, 0.29) is 11.9 Å². The molecular formula is C27H26F3N3O. The Morgan fingerprint density at radius 2 is 1.74 bits per heavy atom. The lowest BCUT2D eigenvalue weighted by molar-refractivity contribution is -0.137. The molecule has 0 saturated heterocycles. The fraction of sp³-hybridized carbons (Fsp3) is 0.259. The summed E-state index contributed by atoms with van der Waals surface area (Å²) in [6.45, 7) is 6.55. The predicted molar refractivity (Wildman–Crippen MR) is 127 cm³/mol. The molecule has 1 amide bonds. The summed E-state index contributed by atoms with van der Waals surface area (Å²) in [5.74, 6) is -0.216. The first-order valence-electron chi connectivity index (χ1n) is 11.2. The minimum absolute atomic E-state index is 0.192. The molecule has 34 heavy (non-hydrogen) atoms. The van der Waals surface area contributed by atoms with E-state index in [0.717, 1.165) is 39.8 Å². The molecule has 0 spiro atoms. The van der Waals surface area contributed by atoms with Gasteiger partial charge in [-0.05, 0) is 62.1 Å². The molecule has 4 rings (SSSR count). The van der Waals surface area contributed by atoms with Gasteiger partial charge in [0.1, 0.15) is 5.65 Å². The van der Waals surface area contributed by atoms with Crippen LogP contribution in [0.2, 0.25) is 0 Å². The molecule has 0 unspecified atom stereocenters. The van der Waals surface area contributed by atoms with Gasteiger partial charge in [-0.25, -0.2) is 4.98 Å². The minimum Gasteiger partial charge on any atom is -0.345 e. The number of nitrogens with zero attached hydrogens (tertiary/aromatic N) is 2. The third-order valence-corrected chi connectivity index (χ3v) is 6.03. The van der Waals surface area contributed by atoms with Gasteiger partial charge in [0.05, 0.1) is 17.2 Å². The van der Waals surface area contributed by atoms with Crippen LogP contribution in [0.4, 0.5) is 13.2 Å². The van der Waals surface area contributed by atoms with Gasteiger partial charge in [0.2, 0.25) is 0 Å². The first-order valence-corrected chi connectivity index (χ1v) is 11.2. The number of pyridine rings is 1. The third kappa shape index (κ3) is 4.83. The van der Waals surface area contributed by atoms with Crippen LogP contribution in [0.1, 0.15) is 58.1 Å². The molecule has 4 aromatic rings. The van der Waals surface area contributed by atoms with Crippen LogP contribution in [0.25, 0.3) is 11.0 Å². The van der Waals surface area contributed by atoms with Crippen LogP contribution in [-0.4, -0.2) is 15.5 Å². The summed E-state index contributed by atoms with van der Waals surface area (Å²) >= 11 is 0. The summed E-state index contributed by atoms with van der Waals surface area (Å²) in [5, 5.41) is 3.79. The van der Waals surface area contributed by atoms with Crippen molar-refractivity contribution in [2.24, 2.45) is 0 Å². The Morgan fingerprint density at radius 3 is 2.35 bits per heavy atom. The van der Waals surface area contributed by atoms with Crippen molar-refractivity contribution in [3.8, 4) is 0 Å². The van der Waals surface area contributed by atoms with E-state index in [9.17, 15) is 18.0 Å². The number of benzene rings is 2. The maximum absolute atomic E-state index is 13.3. The van der Waals surface area contributed by atoms with Crippen molar-refractivity contribution in [1.29, 1.82) is 0 Å². The number of carbonyl (C=O) groups is 1. The number of hydrogen-bond acceptors (Lipinski definition) is 2. The molecule has 1 atom stereocenters. The van der Waals surface area contributed by atoms with Crippen molar-refractivity contribution in [3.63, 3.8) is 0 Å². The van der Waals surface area contributed by atoms with Gasteiger partial charge in [-0.3, -0.25) is 4.79 Å². The zero-order valence-corrected chi connectivity index (χ0v) is 19.3. The lowest BCUT2D eigenvalue weighted by atomic mass is 9.99. The third-order valence-electron chi connectivity index (χ3n) is 6.03. The molecule has 7 heteroatoms. The molecule has 0 aliphatic heterocycles. The second-order valence-electron chi connectivity index (χ2n) is 8.47. The largest absolute Gasteiger partial charge is 0.416 e. The van der Waals surface area contributed by atoms with E-state index in [1.807, 2.05) is 55.7 Å². The van der Waals surface area contributed by atoms with Gasteiger partial charge < -0.3 is 9.88 Å². The fourth-order valence-corrected chi connectivity index (χ4v) is 4.09. The van der Waals surface area contributed by atoms with Gasteiger partial charge in [0.25, 0.3) is 5.91 Å². The number of aryl methyl sites for hydroxylation is 2. The van der Waals surface area contributed by atoms with Crippen molar-refractivity contribution in [1.82, 2.24) is 14.9 Å². The summed E-state index contributed by atoms with van der Waals surface area (Å²) in [6.07, 6.45) is -0.519. The summed E-state index contributed by atoms with van der Waals surface area (Å²) < 4.78 is 40.7. The smallest absolute Gasteiger partial charge is 0.345 e. The number of hydrogen-bond donors (Lipinski definition) is 1. The number of rotatable bonds is 6. The number of aromatic nitrogens is 2. The van der Waals surface area contributed by atoms with Crippen molar-refractivity contribution in [3.05, 3.63) is 100 Å². The Morgan fingerprint density at radius 1 is 1.06 bits per heavy atom. The molecule has 0 radical (unpaired) electrons. The van der Waals surface area contributed by atoms with Crippen LogP contribution in [0.5, 0.6) is 0 Å². The van der Waals surface area contributed by atoms with E-state index in [4.69, 9.17) is 0 Å². The second-order valence-corrected chi connectivity index (χ2v) is 8.47. The Labute approximate surface area is 196 Å². The molecule has 176 valence electrons. The molecule has 0 aliphatic rings. The normalized spacial score (nSPS) is 12.6. The molecule has 0 saturated carbocycles. The Hall–Kier alpha value is -3.61. The highest BCUT2D eigenvalue weighted by Gasteiger charge is 2.30. The van der Waals surface area contributed by atoms with Crippen molar-refractivity contribution in [2.45, 2.75) is 46.0 Å². The highest BCUT2D eigenvalue weighted by atomic mass is 19.4. The minimum atomic E-state index is -4.37. The maximum atomic E-state index is 13.3. The molecule has 0 fully saturated rings. The van der Waals surface area contributed by atoms with Gasteiger partial charge in [-0.15, -0.1) is 0 Å². The SMILES string of the molecule is CCn1cc(C(=O)N[C@@H](C)c2ccc(C)cc2)c2c(Cc3ccc(C(F)(F)F)cc3)ccnc21. The standard InChI is InChI=1S/C27H26F3N3O/c1-4-33-16-23(26(34)32-18(3)20-9-5-17(2)6-10-20)24-21(13-14-31-25(24)33)15-19-7-11-22(12-8-19)27(28,29)30/h5-14,16,18H,4,15H2,1-3H3,(H,32,34)/t18-/m0/s1. The summed E-state index contributed by atoms with van der Waals surface area (Å²) in [4.78, 5) is 17.8. The van der Waals surface area contributed by atoms with Gasteiger partial charge >= 0.3 is 6.18 Å². The molecule has 4 nitrogen and oxygen atoms in total. The van der Waals surface area contributed by atoms with Gasteiger partial charge in [-0.2, -0.15) is 13.2 Å². The van der Waals surface area contributed by atoms with E-state index in [1.165, 1.54) is 12.1 Å². The molecule has 1 N–H and O–H groups in total. The van der Waals surface area contributed by atoms with Crippen LogP contribution in [0.3, 0.4) is 0 Å². The molecule has 2 aromatic heterocycles. The average Bonchev–Trinajstić information content (AvgIpc) is 3.19. The number of halogens is 3. The summed E-state index contributed by atoms with van der Waals surface area (Å²) in [7, 11) is 0. The zero-order chi connectivity index (χ0) is 24.5. The monoisotopic (exact) mass is 465 g/mol. The number of fused-ring (bicyclic) bond motifs is 1. The quantitative estimate of drug-likeness (QED) is 0.355.